The van der Waals surface area contributed by atoms with E-state index < -0.39 is 24.4 Å². The predicted octanol–water partition coefficient (Wildman–Crippen LogP) is 4.81. The molecule has 2 aromatic carbocycles. The van der Waals surface area contributed by atoms with Crippen LogP contribution in [0.15, 0.2) is 70.5 Å². The minimum Gasteiger partial charge on any atom is -0.472 e. The summed E-state index contributed by atoms with van der Waals surface area (Å²) in [5.74, 6) is 0.887. The second-order valence-electron chi connectivity index (χ2n) is 10.7. The molecule has 0 aliphatic rings. The molecule has 6 heteroatoms. The number of rotatable bonds is 6. The zero-order valence-electron chi connectivity index (χ0n) is 20.7. The third kappa shape index (κ3) is 8.46. The second-order valence-corrected chi connectivity index (χ2v) is 25.7. The van der Waals surface area contributed by atoms with Crippen LogP contribution in [0.5, 0.6) is 0 Å². The molecule has 0 fully saturated rings. The van der Waals surface area contributed by atoms with Crippen molar-refractivity contribution in [2.75, 3.05) is 0 Å². The van der Waals surface area contributed by atoms with Gasteiger partial charge >= 0.3 is 51.4 Å². The molecule has 0 unspecified atom stereocenters. The van der Waals surface area contributed by atoms with Gasteiger partial charge in [-0.2, -0.15) is 0 Å². The number of aliphatic imine (C=N–C) groups is 1. The van der Waals surface area contributed by atoms with Gasteiger partial charge in [0.25, 0.3) is 0 Å². The minimum atomic E-state index is -1.70. The fraction of sp³-hybridized carbons (Fsp3) is 0.375. The van der Waals surface area contributed by atoms with Crippen molar-refractivity contribution in [2.24, 2.45) is 4.99 Å². The zero-order chi connectivity index (χ0) is 21.9. The second kappa shape index (κ2) is 11.2. The van der Waals surface area contributed by atoms with Crippen LogP contribution in [0.2, 0.25) is 58.9 Å². The standard InChI is InChI=1S/C24H37N2Si3.K/c1-27(2,3)24(28(4,5)6)22(20-16-12-10-13-17-20)25-23(26-29(7,8)9)21-18-14-11-15-19-21;/h10-19H,1-9H3;/q-1;+1. The summed E-state index contributed by atoms with van der Waals surface area (Å²) in [4.78, 5) is 12.2. The molecular formula is C24H37KN2Si3. The number of hydrogen-bond acceptors (Lipinski definition) is 1. The van der Waals surface area contributed by atoms with E-state index >= 15 is 0 Å². The molecule has 0 spiro atoms. The Hall–Kier alpha value is -0.0630. The van der Waals surface area contributed by atoms with Crippen molar-refractivity contribution in [1.82, 2.24) is 0 Å². The molecule has 0 atom stereocenters. The fourth-order valence-corrected chi connectivity index (χ4v) is 15.5. The van der Waals surface area contributed by atoms with Gasteiger partial charge in [-0.1, -0.05) is 130 Å². The summed E-state index contributed by atoms with van der Waals surface area (Å²) in [6.07, 6.45) is 0. The molecule has 0 aromatic heterocycles. The van der Waals surface area contributed by atoms with Crippen LogP contribution in [0, 0.1) is 0 Å². The average molecular weight is 477 g/mol. The zero-order valence-corrected chi connectivity index (χ0v) is 26.8. The van der Waals surface area contributed by atoms with Gasteiger partial charge in [-0.05, 0) is 16.8 Å². The van der Waals surface area contributed by atoms with Crippen molar-refractivity contribution < 1.29 is 51.4 Å². The van der Waals surface area contributed by atoms with Crippen molar-refractivity contribution >= 4 is 35.9 Å². The van der Waals surface area contributed by atoms with E-state index in [1.165, 1.54) is 11.3 Å². The Balaban J connectivity index is 0.00000450. The molecule has 0 radical (unpaired) electrons. The minimum absolute atomic E-state index is 0. The van der Waals surface area contributed by atoms with E-state index in [1.54, 1.807) is 4.82 Å². The van der Waals surface area contributed by atoms with Crippen LogP contribution in [0.1, 0.15) is 11.1 Å². The smallest absolute Gasteiger partial charge is 0.472 e. The molecule has 0 aliphatic heterocycles. The van der Waals surface area contributed by atoms with Crippen LogP contribution in [0.3, 0.4) is 0 Å². The topological polar surface area (TPSA) is 26.5 Å². The van der Waals surface area contributed by atoms with Crippen LogP contribution in [0.25, 0.3) is 10.7 Å². The molecule has 2 rings (SSSR count). The number of hydrogen-bond donors (Lipinski definition) is 0. The molecule has 2 aromatic rings. The molecule has 0 saturated heterocycles. The summed E-state index contributed by atoms with van der Waals surface area (Å²) in [5.41, 5.74) is 3.49. The van der Waals surface area contributed by atoms with Crippen molar-refractivity contribution in [2.45, 2.75) is 58.9 Å². The van der Waals surface area contributed by atoms with E-state index in [1.807, 2.05) is 0 Å². The van der Waals surface area contributed by atoms with Crippen LogP contribution in [-0.4, -0.2) is 30.2 Å². The summed E-state index contributed by atoms with van der Waals surface area (Å²) < 4.78 is 0. The Morgan fingerprint density at radius 1 is 0.633 bits per heavy atom. The molecule has 0 N–H and O–H groups in total. The van der Waals surface area contributed by atoms with E-state index in [9.17, 15) is 0 Å². The average Bonchev–Trinajstić information content (AvgIpc) is 2.58. The van der Waals surface area contributed by atoms with Gasteiger partial charge in [0, 0.05) is 8.24 Å². The summed E-state index contributed by atoms with van der Waals surface area (Å²) in [5, 5.41) is 0. The molecule has 0 amide bonds. The van der Waals surface area contributed by atoms with Gasteiger partial charge in [-0.3, -0.25) is 0 Å². The van der Waals surface area contributed by atoms with Gasteiger partial charge in [-0.15, -0.1) is 0 Å². The molecule has 0 saturated carbocycles. The number of benzene rings is 2. The Labute approximate surface area is 230 Å². The Bertz CT molecular complexity index is 857. The van der Waals surface area contributed by atoms with Crippen LogP contribution < -0.4 is 51.4 Å². The third-order valence-electron chi connectivity index (χ3n) is 4.48. The quantitative estimate of drug-likeness (QED) is 0.325. The normalized spacial score (nSPS) is 12.8. The monoisotopic (exact) mass is 476 g/mol. The first-order valence-corrected chi connectivity index (χ1v) is 20.9. The molecule has 0 aliphatic carbocycles. The van der Waals surface area contributed by atoms with Gasteiger partial charge in [0.15, 0.2) is 0 Å². The van der Waals surface area contributed by atoms with Crippen molar-refractivity contribution in [3.63, 3.8) is 0 Å². The summed E-state index contributed by atoms with van der Waals surface area (Å²) in [6, 6.07) is 21.2. The van der Waals surface area contributed by atoms with E-state index in [0.29, 0.717) is 0 Å². The third-order valence-corrected chi connectivity index (χ3v) is 13.3. The fourth-order valence-electron chi connectivity index (χ4n) is 3.86. The van der Waals surface area contributed by atoms with Crippen molar-refractivity contribution in [1.29, 1.82) is 0 Å². The molecule has 0 bridgehead atoms. The molecule has 0 heterocycles. The van der Waals surface area contributed by atoms with Gasteiger partial charge in [0.05, 0.1) is 16.1 Å². The van der Waals surface area contributed by atoms with E-state index in [0.717, 1.165) is 11.4 Å². The predicted molar refractivity (Wildman–Crippen MR) is 140 cm³/mol. The van der Waals surface area contributed by atoms with E-state index in [2.05, 4.69) is 120 Å². The number of amidine groups is 1. The van der Waals surface area contributed by atoms with Crippen molar-refractivity contribution in [3.05, 3.63) is 81.6 Å². The maximum absolute atomic E-state index is 5.37. The van der Waals surface area contributed by atoms with Crippen LogP contribution in [0.4, 0.5) is 0 Å². The Kier molecular flexibility index (Phi) is 10.4. The maximum Gasteiger partial charge on any atom is 1.00 e. The van der Waals surface area contributed by atoms with Crippen LogP contribution >= 0.6 is 0 Å². The van der Waals surface area contributed by atoms with Gasteiger partial charge in [-0.25, -0.2) is 0 Å². The van der Waals surface area contributed by atoms with E-state index in [-0.39, 0.29) is 51.4 Å². The first kappa shape index (κ1) is 28.0. The van der Waals surface area contributed by atoms with Gasteiger partial charge in [0.1, 0.15) is 0 Å². The first-order valence-electron chi connectivity index (χ1n) is 10.5. The Morgan fingerprint density at radius 2 is 1.03 bits per heavy atom. The number of nitrogens with zero attached hydrogens (tertiary/aromatic N) is 2. The summed E-state index contributed by atoms with van der Waals surface area (Å²) >= 11 is 0. The molecule has 30 heavy (non-hydrogen) atoms. The van der Waals surface area contributed by atoms with Gasteiger partial charge < -0.3 is 9.97 Å². The SMILES string of the molecule is C[Si](C)(C)[N-]C(=NC(=C([Si](C)(C)C)[Si](C)(C)C)c1ccccc1)c1ccccc1.[K+]. The largest absolute Gasteiger partial charge is 1.00 e. The van der Waals surface area contributed by atoms with Gasteiger partial charge in [0.2, 0.25) is 0 Å². The summed E-state index contributed by atoms with van der Waals surface area (Å²) in [7, 11) is -4.88. The summed E-state index contributed by atoms with van der Waals surface area (Å²) in [6.45, 7) is 21.6. The molecule has 156 valence electrons. The van der Waals surface area contributed by atoms with E-state index in [4.69, 9.17) is 9.97 Å². The van der Waals surface area contributed by atoms with Crippen molar-refractivity contribution in [3.8, 4) is 0 Å². The molecule has 2 nitrogen and oxygen atoms in total. The maximum atomic E-state index is 5.37. The first-order chi connectivity index (χ1) is 13.3. The Morgan fingerprint density at radius 3 is 1.40 bits per heavy atom. The van der Waals surface area contributed by atoms with Crippen LogP contribution in [-0.2, 0) is 0 Å². The molecular weight excluding hydrogens is 440 g/mol.